The smallest absolute Gasteiger partial charge is 0.340 e. The Balaban J connectivity index is 1.65. The molecule has 1 atom stereocenters. The van der Waals surface area contributed by atoms with Crippen LogP contribution in [-0.2, 0) is 9.59 Å². The molecule has 0 aromatic heterocycles. The van der Waals surface area contributed by atoms with Crippen molar-refractivity contribution < 1.29 is 33.9 Å². The molecule has 35 heavy (non-hydrogen) atoms. The number of carbonyl (C=O) groups is 3. The van der Waals surface area contributed by atoms with Gasteiger partial charge in [-0.15, -0.1) is 5.10 Å². The van der Waals surface area contributed by atoms with E-state index in [9.17, 15) is 29.6 Å². The van der Waals surface area contributed by atoms with Crippen LogP contribution >= 0.6 is 11.8 Å². The number of benzene rings is 2. The van der Waals surface area contributed by atoms with Crippen LogP contribution in [0.15, 0.2) is 46.6 Å². The maximum absolute atomic E-state index is 12.3. The summed E-state index contributed by atoms with van der Waals surface area (Å²) in [6.45, 7) is 0. The predicted molar refractivity (Wildman–Crippen MR) is 127 cm³/mol. The topological polar surface area (TPSA) is 182 Å². The molecular formula is C21H19N5O8S. The third-order valence-electron chi connectivity index (χ3n) is 4.65. The van der Waals surface area contributed by atoms with E-state index in [-0.39, 0.29) is 39.9 Å². The van der Waals surface area contributed by atoms with Gasteiger partial charge in [0.15, 0.2) is 16.7 Å². The summed E-state index contributed by atoms with van der Waals surface area (Å²) in [4.78, 5) is 46.3. The third kappa shape index (κ3) is 6.11. The number of methoxy groups -OCH3 is 2. The predicted octanol–water partition coefficient (Wildman–Crippen LogP) is 2.26. The fourth-order valence-corrected chi connectivity index (χ4v) is 3.97. The summed E-state index contributed by atoms with van der Waals surface area (Å²) >= 11 is 0.988. The lowest BCUT2D eigenvalue weighted by Gasteiger charge is -2.11. The van der Waals surface area contributed by atoms with Gasteiger partial charge >= 0.3 is 5.97 Å². The first-order valence-electron chi connectivity index (χ1n) is 9.84. The van der Waals surface area contributed by atoms with Crippen molar-refractivity contribution in [1.82, 2.24) is 5.32 Å². The number of hydrogen-bond donors (Lipinski definition) is 3. The molecule has 14 heteroatoms. The van der Waals surface area contributed by atoms with E-state index < -0.39 is 28.0 Å². The number of carboxylic acids is 1. The van der Waals surface area contributed by atoms with Crippen LogP contribution in [0.2, 0.25) is 0 Å². The van der Waals surface area contributed by atoms with E-state index in [2.05, 4.69) is 20.8 Å². The molecule has 1 saturated heterocycles. The molecule has 1 aliphatic rings. The van der Waals surface area contributed by atoms with E-state index in [1.807, 2.05) is 0 Å². The van der Waals surface area contributed by atoms with Gasteiger partial charge in [0.05, 0.1) is 25.4 Å². The highest BCUT2D eigenvalue weighted by atomic mass is 32.2. The number of nitrogens with one attached hydrogen (secondary N) is 2. The molecule has 1 heterocycles. The Kier molecular flexibility index (Phi) is 7.99. The minimum absolute atomic E-state index is 0.0271. The highest BCUT2D eigenvalue weighted by Gasteiger charge is 2.32. The van der Waals surface area contributed by atoms with Crippen molar-refractivity contribution in [3.63, 3.8) is 0 Å². The number of nitro benzene ring substituents is 1. The van der Waals surface area contributed by atoms with Crippen molar-refractivity contribution in [3.05, 3.63) is 57.6 Å². The van der Waals surface area contributed by atoms with E-state index in [0.717, 1.165) is 11.8 Å². The molecule has 1 fully saturated rings. The van der Waals surface area contributed by atoms with Gasteiger partial charge in [-0.1, -0.05) is 11.8 Å². The van der Waals surface area contributed by atoms with Gasteiger partial charge in [0.2, 0.25) is 11.8 Å². The normalized spacial score (nSPS) is 16.2. The number of carboxylic acid groups (broad SMARTS) is 1. The number of amidine groups is 1. The van der Waals surface area contributed by atoms with Gasteiger partial charge in [-0.25, -0.2) is 4.79 Å². The van der Waals surface area contributed by atoms with Crippen molar-refractivity contribution in [2.75, 3.05) is 19.5 Å². The second-order valence-electron chi connectivity index (χ2n) is 6.87. The average Bonchev–Trinajstić information content (AvgIpc) is 3.17. The summed E-state index contributed by atoms with van der Waals surface area (Å²) < 4.78 is 10.2. The zero-order valence-electron chi connectivity index (χ0n) is 18.4. The fourth-order valence-electron chi connectivity index (χ4n) is 3.05. The van der Waals surface area contributed by atoms with E-state index >= 15 is 0 Å². The first-order chi connectivity index (χ1) is 16.7. The maximum atomic E-state index is 12.3. The van der Waals surface area contributed by atoms with Gasteiger partial charge in [-0.05, 0) is 24.3 Å². The van der Waals surface area contributed by atoms with Gasteiger partial charge in [-0.3, -0.25) is 19.7 Å². The standard InChI is InChI=1S/C21H19N5O8S/c1-33-14-8-3-11(17(20(29)30)18(14)34-2)10-22-25-21-24-19(28)15(35-21)9-16(27)23-12-4-6-13(7-5-12)26(31)32/h3-8,10,15H,9H2,1-2H3,(H,23,27)(H,29,30)(H,24,25,28)/b22-10-. The largest absolute Gasteiger partial charge is 0.493 e. The lowest BCUT2D eigenvalue weighted by atomic mass is 10.1. The SMILES string of the molecule is COc1ccc(/C=N\N=C2/NC(=O)C(CC(=O)Nc3ccc([N+](=O)[O-])cc3)S2)c(C(=O)O)c1OC. The van der Waals surface area contributed by atoms with Crippen molar-refractivity contribution in [3.8, 4) is 11.5 Å². The molecule has 13 nitrogen and oxygen atoms in total. The minimum Gasteiger partial charge on any atom is -0.493 e. The molecule has 1 aliphatic heterocycles. The van der Waals surface area contributed by atoms with Crippen LogP contribution in [0.25, 0.3) is 0 Å². The number of non-ortho nitro benzene ring substituents is 1. The second kappa shape index (κ2) is 11.1. The Morgan fingerprint density at radius 1 is 1.23 bits per heavy atom. The highest BCUT2D eigenvalue weighted by Crippen LogP contribution is 2.33. The number of anilines is 1. The molecule has 1 unspecified atom stereocenters. The Hall–Kier alpha value is -4.46. The number of carbonyl (C=O) groups excluding carboxylic acids is 2. The molecule has 2 aromatic rings. The quantitative estimate of drug-likeness (QED) is 0.264. The van der Waals surface area contributed by atoms with Gasteiger partial charge in [0.1, 0.15) is 10.8 Å². The van der Waals surface area contributed by atoms with E-state index in [0.29, 0.717) is 5.69 Å². The molecule has 0 radical (unpaired) electrons. The Bertz CT molecular complexity index is 1230. The Labute approximate surface area is 202 Å². The average molecular weight is 501 g/mol. The summed E-state index contributed by atoms with van der Waals surface area (Å²) in [5, 5.41) is 32.4. The van der Waals surface area contributed by atoms with Crippen LogP contribution < -0.4 is 20.1 Å². The molecule has 0 aliphatic carbocycles. The highest BCUT2D eigenvalue weighted by molar-refractivity contribution is 8.15. The number of amides is 2. The summed E-state index contributed by atoms with van der Waals surface area (Å²) in [6.07, 6.45) is 1.02. The maximum Gasteiger partial charge on any atom is 0.340 e. The van der Waals surface area contributed by atoms with Gasteiger partial charge in [0.25, 0.3) is 5.69 Å². The Morgan fingerprint density at radius 2 is 1.94 bits per heavy atom. The summed E-state index contributed by atoms with van der Waals surface area (Å²) in [6, 6.07) is 8.27. The summed E-state index contributed by atoms with van der Waals surface area (Å²) in [5.41, 5.74) is 0.276. The first kappa shape index (κ1) is 25.2. The number of nitrogens with zero attached hydrogens (tertiary/aromatic N) is 3. The van der Waals surface area contributed by atoms with Crippen molar-refractivity contribution in [2.24, 2.45) is 10.2 Å². The van der Waals surface area contributed by atoms with Crippen LogP contribution in [0.5, 0.6) is 11.5 Å². The lowest BCUT2D eigenvalue weighted by Crippen LogP contribution is -2.28. The third-order valence-corrected chi connectivity index (χ3v) is 5.72. The monoisotopic (exact) mass is 501 g/mol. The second-order valence-corrected chi connectivity index (χ2v) is 8.06. The van der Waals surface area contributed by atoms with Crippen LogP contribution in [-0.4, -0.2) is 58.7 Å². The molecule has 2 amide bonds. The molecule has 2 aromatic carbocycles. The fraction of sp³-hybridized carbons (Fsp3) is 0.190. The van der Waals surface area contributed by atoms with Crippen molar-refractivity contribution in [1.29, 1.82) is 0 Å². The van der Waals surface area contributed by atoms with Crippen LogP contribution in [0.4, 0.5) is 11.4 Å². The molecule has 182 valence electrons. The molecule has 0 saturated carbocycles. The first-order valence-corrected chi connectivity index (χ1v) is 10.7. The molecule has 0 spiro atoms. The number of thioether (sulfide) groups is 1. The lowest BCUT2D eigenvalue weighted by molar-refractivity contribution is -0.384. The molecular weight excluding hydrogens is 482 g/mol. The van der Waals surface area contributed by atoms with Crippen LogP contribution in [0.1, 0.15) is 22.3 Å². The number of ether oxygens (including phenoxy) is 2. The van der Waals surface area contributed by atoms with Crippen LogP contribution in [0.3, 0.4) is 0 Å². The van der Waals surface area contributed by atoms with Crippen molar-refractivity contribution >= 4 is 52.3 Å². The number of rotatable bonds is 9. The summed E-state index contributed by atoms with van der Waals surface area (Å²) in [7, 11) is 2.69. The molecule has 3 rings (SSSR count). The van der Waals surface area contributed by atoms with Gasteiger partial charge < -0.3 is 25.2 Å². The number of nitro groups is 1. The van der Waals surface area contributed by atoms with Crippen LogP contribution in [0, 0.1) is 10.1 Å². The summed E-state index contributed by atoms with van der Waals surface area (Å²) in [5.74, 6) is -1.90. The van der Waals surface area contributed by atoms with E-state index in [1.54, 1.807) is 0 Å². The molecule has 3 N–H and O–H groups in total. The van der Waals surface area contributed by atoms with E-state index in [1.165, 1.54) is 56.8 Å². The zero-order valence-corrected chi connectivity index (χ0v) is 19.2. The molecule has 0 bridgehead atoms. The zero-order chi connectivity index (χ0) is 25.5. The minimum atomic E-state index is -1.25. The van der Waals surface area contributed by atoms with Crippen molar-refractivity contribution in [2.45, 2.75) is 11.7 Å². The number of hydrogen-bond acceptors (Lipinski definition) is 10. The van der Waals surface area contributed by atoms with Gasteiger partial charge in [-0.2, -0.15) is 5.10 Å². The number of aromatic carboxylic acids is 1. The Morgan fingerprint density at radius 3 is 2.54 bits per heavy atom. The van der Waals surface area contributed by atoms with Gasteiger partial charge in [0, 0.05) is 29.8 Å². The van der Waals surface area contributed by atoms with E-state index in [4.69, 9.17) is 9.47 Å².